The minimum Gasteiger partial charge on any atom is -0.339 e. The maximum atomic E-state index is 12.6. The molecule has 0 radical (unpaired) electrons. The minimum absolute atomic E-state index is 0.0305. The minimum atomic E-state index is 0.0305. The third-order valence-electron chi connectivity index (χ3n) is 5.45. The van der Waals surface area contributed by atoms with E-state index in [4.69, 9.17) is 0 Å². The summed E-state index contributed by atoms with van der Waals surface area (Å²) in [7, 11) is 0. The van der Waals surface area contributed by atoms with Crippen molar-refractivity contribution in [1.82, 2.24) is 14.7 Å². The number of amides is 2. The Kier molecular flexibility index (Phi) is 6.08. The second kappa shape index (κ2) is 8.48. The fourth-order valence-corrected chi connectivity index (χ4v) is 3.96. The smallest absolute Gasteiger partial charge is 0.242 e. The van der Waals surface area contributed by atoms with Crippen LogP contribution in [0.25, 0.3) is 0 Å². The molecule has 1 aromatic rings. The van der Waals surface area contributed by atoms with Gasteiger partial charge in [-0.3, -0.25) is 14.5 Å². The van der Waals surface area contributed by atoms with Crippen molar-refractivity contribution in [2.45, 2.75) is 45.2 Å². The largest absolute Gasteiger partial charge is 0.339 e. The molecule has 3 rings (SSSR count). The average Bonchev–Trinajstić information content (AvgIpc) is 3.15. The molecule has 0 aromatic heterocycles. The molecule has 1 heterocycles. The molecular formula is C20H29N3O2. The lowest BCUT2D eigenvalue weighted by Gasteiger charge is -2.36. The summed E-state index contributed by atoms with van der Waals surface area (Å²) < 4.78 is 0. The van der Waals surface area contributed by atoms with E-state index in [-0.39, 0.29) is 24.4 Å². The van der Waals surface area contributed by atoms with Crippen molar-refractivity contribution in [3.63, 3.8) is 0 Å². The Labute approximate surface area is 150 Å². The Bertz CT molecular complexity index is 576. The zero-order valence-corrected chi connectivity index (χ0v) is 15.2. The van der Waals surface area contributed by atoms with Gasteiger partial charge >= 0.3 is 0 Å². The van der Waals surface area contributed by atoms with E-state index in [1.807, 2.05) is 11.0 Å². The number of rotatable bonds is 5. The molecule has 5 heteroatoms. The van der Waals surface area contributed by atoms with Gasteiger partial charge < -0.3 is 9.80 Å². The van der Waals surface area contributed by atoms with Crippen molar-refractivity contribution in [2.24, 2.45) is 0 Å². The summed E-state index contributed by atoms with van der Waals surface area (Å²) in [5.74, 6) is 0.129. The summed E-state index contributed by atoms with van der Waals surface area (Å²) in [6, 6.07) is 10.7. The van der Waals surface area contributed by atoms with Crippen LogP contribution >= 0.6 is 0 Å². The molecule has 1 saturated carbocycles. The van der Waals surface area contributed by atoms with Gasteiger partial charge in [-0.05, 0) is 18.4 Å². The van der Waals surface area contributed by atoms with Gasteiger partial charge in [0.1, 0.15) is 0 Å². The van der Waals surface area contributed by atoms with Crippen molar-refractivity contribution >= 4 is 11.8 Å². The van der Waals surface area contributed by atoms with Crippen molar-refractivity contribution in [2.75, 3.05) is 32.7 Å². The van der Waals surface area contributed by atoms with Crippen LogP contribution in [0.15, 0.2) is 30.3 Å². The lowest BCUT2D eigenvalue weighted by molar-refractivity contribution is -0.142. The molecule has 0 unspecified atom stereocenters. The number of carbonyl (C=O) groups is 2. The van der Waals surface area contributed by atoms with Gasteiger partial charge in [0.2, 0.25) is 11.8 Å². The van der Waals surface area contributed by atoms with Crippen LogP contribution in [0.3, 0.4) is 0 Å². The van der Waals surface area contributed by atoms with Gasteiger partial charge in [0.05, 0.1) is 6.54 Å². The maximum absolute atomic E-state index is 12.6. The first kappa shape index (κ1) is 17.9. The van der Waals surface area contributed by atoms with Crippen molar-refractivity contribution in [1.29, 1.82) is 0 Å². The Morgan fingerprint density at radius 2 is 1.68 bits per heavy atom. The molecule has 1 saturated heterocycles. The summed E-state index contributed by atoms with van der Waals surface area (Å²) in [5, 5.41) is 0. The summed E-state index contributed by atoms with van der Waals surface area (Å²) >= 11 is 0. The van der Waals surface area contributed by atoms with Gasteiger partial charge in [0.25, 0.3) is 0 Å². The zero-order valence-electron chi connectivity index (χ0n) is 15.2. The van der Waals surface area contributed by atoms with Crippen LogP contribution in [0.1, 0.15) is 38.2 Å². The van der Waals surface area contributed by atoms with Crippen molar-refractivity contribution < 1.29 is 9.59 Å². The van der Waals surface area contributed by atoms with Gasteiger partial charge in [-0.15, -0.1) is 0 Å². The second-order valence-corrected chi connectivity index (χ2v) is 7.23. The fraction of sp³-hybridized carbons (Fsp3) is 0.600. The van der Waals surface area contributed by atoms with E-state index >= 15 is 0 Å². The predicted molar refractivity (Wildman–Crippen MR) is 97.9 cm³/mol. The molecule has 0 atom stereocenters. The van der Waals surface area contributed by atoms with Gasteiger partial charge in [-0.1, -0.05) is 43.2 Å². The standard InChI is InChI=1S/C20H29N3O2/c1-17(24)23(19-9-5-6-10-19)16-20(25)22-13-11-21(12-14-22)15-18-7-3-2-4-8-18/h2-4,7-8,19H,5-6,9-16H2,1H3. The SMILES string of the molecule is CC(=O)N(CC(=O)N1CCN(Cc2ccccc2)CC1)C1CCCC1. The van der Waals surface area contributed by atoms with E-state index < -0.39 is 0 Å². The molecule has 0 bridgehead atoms. The molecule has 0 spiro atoms. The monoisotopic (exact) mass is 343 g/mol. The lowest BCUT2D eigenvalue weighted by atomic mass is 10.2. The van der Waals surface area contributed by atoms with Crippen LogP contribution in [-0.2, 0) is 16.1 Å². The number of hydrogen-bond donors (Lipinski definition) is 0. The Morgan fingerprint density at radius 3 is 2.28 bits per heavy atom. The second-order valence-electron chi connectivity index (χ2n) is 7.23. The predicted octanol–water partition coefficient (Wildman–Crippen LogP) is 2.12. The number of benzene rings is 1. The van der Waals surface area contributed by atoms with E-state index in [1.54, 1.807) is 11.8 Å². The Balaban J connectivity index is 1.48. The maximum Gasteiger partial charge on any atom is 0.242 e. The summed E-state index contributed by atoms with van der Waals surface area (Å²) in [6.07, 6.45) is 4.41. The number of nitrogens with zero attached hydrogens (tertiary/aromatic N) is 3. The summed E-state index contributed by atoms with van der Waals surface area (Å²) in [4.78, 5) is 30.7. The van der Waals surface area contributed by atoms with Crippen LogP contribution in [0, 0.1) is 0 Å². The highest BCUT2D eigenvalue weighted by molar-refractivity contribution is 5.84. The number of piperazine rings is 1. The molecule has 2 amide bonds. The van der Waals surface area contributed by atoms with Crippen LogP contribution in [0.4, 0.5) is 0 Å². The molecule has 1 aliphatic heterocycles. The van der Waals surface area contributed by atoms with Crippen molar-refractivity contribution in [3.8, 4) is 0 Å². The van der Waals surface area contributed by atoms with Crippen LogP contribution in [0.5, 0.6) is 0 Å². The molecule has 1 aliphatic carbocycles. The average molecular weight is 343 g/mol. The van der Waals surface area contributed by atoms with E-state index in [1.165, 1.54) is 18.4 Å². The highest BCUT2D eigenvalue weighted by atomic mass is 16.2. The van der Waals surface area contributed by atoms with Gasteiger partial charge in [0.15, 0.2) is 0 Å². The molecule has 5 nitrogen and oxygen atoms in total. The molecule has 25 heavy (non-hydrogen) atoms. The summed E-state index contributed by atoms with van der Waals surface area (Å²) in [5.41, 5.74) is 1.31. The molecule has 1 aromatic carbocycles. The first-order chi connectivity index (χ1) is 12.1. The number of hydrogen-bond acceptors (Lipinski definition) is 3. The van der Waals surface area contributed by atoms with Crippen LogP contribution in [0.2, 0.25) is 0 Å². The topological polar surface area (TPSA) is 43.9 Å². The van der Waals surface area contributed by atoms with Crippen LogP contribution in [-0.4, -0.2) is 65.3 Å². The molecule has 2 fully saturated rings. The van der Waals surface area contributed by atoms with E-state index in [2.05, 4.69) is 29.2 Å². The highest BCUT2D eigenvalue weighted by Crippen LogP contribution is 2.23. The quantitative estimate of drug-likeness (QED) is 0.823. The Hall–Kier alpha value is -1.88. The van der Waals surface area contributed by atoms with Gasteiger partial charge in [0, 0.05) is 45.7 Å². The first-order valence-electron chi connectivity index (χ1n) is 9.45. The molecule has 0 N–H and O–H groups in total. The lowest BCUT2D eigenvalue weighted by Crippen LogP contribution is -2.52. The highest BCUT2D eigenvalue weighted by Gasteiger charge is 2.29. The molecule has 136 valence electrons. The zero-order chi connectivity index (χ0) is 17.6. The fourth-order valence-electron chi connectivity index (χ4n) is 3.96. The van der Waals surface area contributed by atoms with Gasteiger partial charge in [-0.25, -0.2) is 0 Å². The summed E-state index contributed by atoms with van der Waals surface area (Å²) in [6.45, 7) is 6.06. The van der Waals surface area contributed by atoms with Crippen molar-refractivity contribution in [3.05, 3.63) is 35.9 Å². The van der Waals surface area contributed by atoms with E-state index in [0.717, 1.165) is 45.6 Å². The van der Waals surface area contributed by atoms with E-state index in [0.29, 0.717) is 0 Å². The van der Waals surface area contributed by atoms with E-state index in [9.17, 15) is 9.59 Å². The Morgan fingerprint density at radius 1 is 1.04 bits per heavy atom. The molecular weight excluding hydrogens is 314 g/mol. The van der Waals surface area contributed by atoms with Gasteiger partial charge in [-0.2, -0.15) is 0 Å². The van der Waals surface area contributed by atoms with Crippen LogP contribution < -0.4 is 0 Å². The first-order valence-corrected chi connectivity index (χ1v) is 9.45. The normalized spacial score (nSPS) is 19.2. The number of carbonyl (C=O) groups excluding carboxylic acids is 2. The third kappa shape index (κ3) is 4.82. The molecule has 2 aliphatic rings. The third-order valence-corrected chi connectivity index (χ3v) is 5.45.